The van der Waals surface area contributed by atoms with Gasteiger partial charge in [-0.25, -0.2) is 0 Å². The Bertz CT molecular complexity index is 838. The monoisotopic (exact) mass is 366 g/mol. The molecule has 0 saturated carbocycles. The van der Waals surface area contributed by atoms with Crippen molar-refractivity contribution < 1.29 is 4.74 Å². The molecule has 1 aliphatic heterocycles. The lowest BCUT2D eigenvalue weighted by Crippen LogP contribution is -2.47. The molecule has 0 spiro atoms. The average Bonchev–Trinajstić information content (AvgIpc) is 3.10. The van der Waals surface area contributed by atoms with Gasteiger partial charge in [0, 0.05) is 60.5 Å². The molecule has 0 amide bonds. The molecule has 0 N–H and O–H groups in total. The molecular weight excluding hydrogens is 340 g/mol. The lowest BCUT2D eigenvalue weighted by atomic mass is 10.1. The summed E-state index contributed by atoms with van der Waals surface area (Å²) in [6, 6.07) is 19.8. The van der Waals surface area contributed by atoms with Crippen LogP contribution in [0.2, 0.25) is 0 Å². The topological polar surface area (TPSA) is 15.7 Å². The molecule has 2 heterocycles. The van der Waals surface area contributed by atoms with Gasteiger partial charge in [-0.3, -0.25) is 4.90 Å². The normalized spacial score (nSPS) is 15.7. The smallest absolute Gasteiger partial charge is 0.0806 e. The first-order chi connectivity index (χ1) is 12.8. The Labute approximate surface area is 159 Å². The van der Waals surface area contributed by atoms with E-state index in [9.17, 15) is 0 Å². The fourth-order valence-corrected chi connectivity index (χ4v) is 4.79. The number of thiophene rings is 1. The zero-order chi connectivity index (χ0) is 17.8. The fraction of sp³-hybridized carbons (Fsp3) is 0.364. The van der Waals surface area contributed by atoms with E-state index >= 15 is 0 Å². The first kappa shape index (κ1) is 17.5. The molecule has 4 rings (SSSR count). The van der Waals surface area contributed by atoms with Crippen molar-refractivity contribution in [2.24, 2.45) is 0 Å². The number of benzene rings is 2. The number of anilines is 1. The van der Waals surface area contributed by atoms with Crippen molar-refractivity contribution in [3.05, 3.63) is 65.0 Å². The van der Waals surface area contributed by atoms with Crippen molar-refractivity contribution in [1.29, 1.82) is 0 Å². The van der Waals surface area contributed by atoms with E-state index in [0.29, 0.717) is 6.61 Å². The highest BCUT2D eigenvalue weighted by Gasteiger charge is 2.19. The standard InChI is InChI=1S/C22H26N2OS/c1-25-17-19-16-20-21(8-5-9-22(20)26-19)24-14-12-23(13-15-24)11-10-18-6-3-2-4-7-18/h2-9,16H,10-15,17H2,1H3. The molecular formula is C22H26N2OS. The SMILES string of the molecule is COCc1cc2c(N3CCN(CCc4ccccc4)CC3)cccc2s1. The van der Waals surface area contributed by atoms with E-state index < -0.39 is 0 Å². The third kappa shape index (κ3) is 3.93. The predicted molar refractivity (Wildman–Crippen MR) is 111 cm³/mol. The quantitative estimate of drug-likeness (QED) is 0.643. The van der Waals surface area contributed by atoms with Crippen LogP contribution in [-0.4, -0.2) is 44.7 Å². The van der Waals surface area contributed by atoms with E-state index in [4.69, 9.17) is 4.74 Å². The Hall–Kier alpha value is -1.88. The van der Waals surface area contributed by atoms with Crippen LogP contribution >= 0.6 is 11.3 Å². The van der Waals surface area contributed by atoms with Crippen molar-refractivity contribution in [1.82, 2.24) is 4.90 Å². The maximum Gasteiger partial charge on any atom is 0.0806 e. The van der Waals surface area contributed by atoms with Crippen LogP contribution in [0.5, 0.6) is 0 Å². The summed E-state index contributed by atoms with van der Waals surface area (Å²) in [6.45, 7) is 6.33. The van der Waals surface area contributed by atoms with Crippen LogP contribution in [0.1, 0.15) is 10.4 Å². The second-order valence-corrected chi connectivity index (χ2v) is 8.07. The number of methoxy groups -OCH3 is 1. The summed E-state index contributed by atoms with van der Waals surface area (Å²) >= 11 is 1.84. The second kappa shape index (κ2) is 8.21. The molecule has 1 fully saturated rings. The molecule has 0 atom stereocenters. The summed E-state index contributed by atoms with van der Waals surface area (Å²) in [7, 11) is 1.76. The maximum atomic E-state index is 5.31. The van der Waals surface area contributed by atoms with Gasteiger partial charge in [0.25, 0.3) is 0 Å². The summed E-state index contributed by atoms with van der Waals surface area (Å²) < 4.78 is 6.67. The van der Waals surface area contributed by atoms with E-state index in [1.165, 1.54) is 26.2 Å². The van der Waals surface area contributed by atoms with Crippen LogP contribution in [0, 0.1) is 0 Å². The third-order valence-electron chi connectivity index (χ3n) is 5.15. The molecule has 1 aliphatic rings. The van der Waals surface area contributed by atoms with Crippen molar-refractivity contribution in [2.45, 2.75) is 13.0 Å². The van der Waals surface area contributed by atoms with Gasteiger partial charge in [0.1, 0.15) is 0 Å². The van der Waals surface area contributed by atoms with E-state index in [1.807, 2.05) is 11.3 Å². The molecule has 1 saturated heterocycles. The van der Waals surface area contributed by atoms with Gasteiger partial charge in [0.2, 0.25) is 0 Å². The summed E-state index contributed by atoms with van der Waals surface area (Å²) in [5, 5.41) is 1.38. The third-order valence-corrected chi connectivity index (χ3v) is 6.22. The van der Waals surface area contributed by atoms with Crippen molar-refractivity contribution in [3.8, 4) is 0 Å². The van der Waals surface area contributed by atoms with Gasteiger partial charge in [-0.15, -0.1) is 11.3 Å². The maximum absolute atomic E-state index is 5.31. The minimum Gasteiger partial charge on any atom is -0.379 e. The van der Waals surface area contributed by atoms with Crippen LogP contribution in [0.25, 0.3) is 10.1 Å². The molecule has 4 heteroatoms. The van der Waals surface area contributed by atoms with E-state index in [2.05, 4.69) is 64.4 Å². The summed E-state index contributed by atoms with van der Waals surface area (Å²) in [5.41, 5.74) is 2.81. The number of fused-ring (bicyclic) bond motifs is 1. The number of hydrogen-bond acceptors (Lipinski definition) is 4. The fourth-order valence-electron chi connectivity index (χ4n) is 3.73. The zero-order valence-electron chi connectivity index (χ0n) is 15.4. The Morgan fingerprint density at radius 2 is 1.77 bits per heavy atom. The van der Waals surface area contributed by atoms with Gasteiger partial charge in [-0.05, 0) is 30.2 Å². The Morgan fingerprint density at radius 1 is 0.962 bits per heavy atom. The number of piperazine rings is 1. The minimum absolute atomic E-state index is 0.700. The van der Waals surface area contributed by atoms with Crippen molar-refractivity contribution >= 4 is 27.1 Å². The van der Waals surface area contributed by atoms with Gasteiger partial charge >= 0.3 is 0 Å². The van der Waals surface area contributed by atoms with Crippen LogP contribution in [0.3, 0.4) is 0 Å². The molecule has 26 heavy (non-hydrogen) atoms. The molecule has 0 aliphatic carbocycles. The largest absolute Gasteiger partial charge is 0.379 e. The highest BCUT2D eigenvalue weighted by molar-refractivity contribution is 7.19. The molecule has 0 unspecified atom stereocenters. The number of hydrogen-bond donors (Lipinski definition) is 0. The lowest BCUT2D eigenvalue weighted by molar-refractivity contribution is 0.187. The van der Waals surface area contributed by atoms with Crippen LogP contribution in [-0.2, 0) is 17.8 Å². The van der Waals surface area contributed by atoms with E-state index in [0.717, 1.165) is 39.1 Å². The highest BCUT2D eigenvalue weighted by Crippen LogP contribution is 2.34. The minimum atomic E-state index is 0.700. The molecule has 136 valence electrons. The Balaban J connectivity index is 1.39. The summed E-state index contributed by atoms with van der Waals surface area (Å²) in [6.07, 6.45) is 1.14. The van der Waals surface area contributed by atoms with Gasteiger partial charge < -0.3 is 9.64 Å². The van der Waals surface area contributed by atoms with Gasteiger partial charge in [0.05, 0.1) is 6.61 Å². The summed E-state index contributed by atoms with van der Waals surface area (Å²) in [4.78, 5) is 6.44. The zero-order valence-corrected chi connectivity index (χ0v) is 16.2. The first-order valence-electron chi connectivity index (χ1n) is 9.35. The second-order valence-electron chi connectivity index (χ2n) is 6.90. The molecule has 3 aromatic rings. The molecule has 0 radical (unpaired) electrons. The van der Waals surface area contributed by atoms with Gasteiger partial charge in [-0.2, -0.15) is 0 Å². The van der Waals surface area contributed by atoms with Crippen LogP contribution in [0.4, 0.5) is 5.69 Å². The highest BCUT2D eigenvalue weighted by atomic mass is 32.1. The Morgan fingerprint density at radius 3 is 2.54 bits per heavy atom. The van der Waals surface area contributed by atoms with Crippen molar-refractivity contribution in [2.75, 3.05) is 44.7 Å². The number of ether oxygens (including phenoxy) is 1. The summed E-state index contributed by atoms with van der Waals surface area (Å²) in [5.74, 6) is 0. The predicted octanol–water partition coefficient (Wildman–Crippen LogP) is 4.41. The van der Waals surface area contributed by atoms with Crippen LogP contribution < -0.4 is 4.90 Å². The average molecular weight is 367 g/mol. The van der Waals surface area contributed by atoms with Gasteiger partial charge in [0.15, 0.2) is 0 Å². The number of rotatable bonds is 6. The van der Waals surface area contributed by atoms with E-state index in [-0.39, 0.29) is 0 Å². The van der Waals surface area contributed by atoms with E-state index in [1.54, 1.807) is 7.11 Å². The lowest BCUT2D eigenvalue weighted by Gasteiger charge is -2.36. The van der Waals surface area contributed by atoms with Crippen molar-refractivity contribution in [3.63, 3.8) is 0 Å². The Kier molecular flexibility index (Phi) is 5.54. The first-order valence-corrected chi connectivity index (χ1v) is 10.2. The molecule has 1 aromatic heterocycles. The molecule has 3 nitrogen and oxygen atoms in total. The molecule has 2 aromatic carbocycles. The number of nitrogens with zero attached hydrogens (tertiary/aromatic N) is 2. The van der Waals surface area contributed by atoms with Crippen LogP contribution in [0.15, 0.2) is 54.6 Å². The molecule has 0 bridgehead atoms. The van der Waals surface area contributed by atoms with Gasteiger partial charge in [-0.1, -0.05) is 36.4 Å².